The summed E-state index contributed by atoms with van der Waals surface area (Å²) in [5.74, 6) is -1.54. The number of hydrogen-bond acceptors (Lipinski definition) is 4. The van der Waals surface area contributed by atoms with Gasteiger partial charge in [-0.1, -0.05) is 12.1 Å². The van der Waals surface area contributed by atoms with E-state index < -0.39 is 11.8 Å². The first-order valence-corrected chi connectivity index (χ1v) is 6.65. The minimum atomic E-state index is -0.783. The van der Waals surface area contributed by atoms with Crippen molar-refractivity contribution in [3.05, 3.63) is 45.7 Å². The van der Waals surface area contributed by atoms with E-state index in [9.17, 15) is 9.18 Å². The molecule has 0 atom stereocenters. The molecule has 0 aliphatic carbocycles. The van der Waals surface area contributed by atoms with Gasteiger partial charge in [0.25, 0.3) is 0 Å². The van der Waals surface area contributed by atoms with Crippen LogP contribution in [0.3, 0.4) is 0 Å². The molecule has 0 saturated heterocycles. The zero-order chi connectivity index (χ0) is 13.8. The molecule has 0 aliphatic rings. The second-order valence-electron chi connectivity index (χ2n) is 3.62. The van der Waals surface area contributed by atoms with Gasteiger partial charge in [0, 0.05) is 9.13 Å². The van der Waals surface area contributed by atoms with E-state index in [-0.39, 0.29) is 18.0 Å². The van der Waals surface area contributed by atoms with E-state index in [0.717, 1.165) is 9.90 Å². The van der Waals surface area contributed by atoms with Crippen LogP contribution in [0.4, 0.5) is 4.39 Å². The zero-order valence-corrected chi connectivity index (χ0v) is 12.2. The predicted molar refractivity (Wildman–Crippen MR) is 76.1 cm³/mol. The second-order valence-corrected chi connectivity index (χ2v) is 4.86. The molecule has 0 amide bonds. The highest BCUT2D eigenvalue weighted by atomic mass is 127. The summed E-state index contributed by atoms with van der Waals surface area (Å²) in [6.07, 6.45) is 1.16. The Labute approximate surface area is 123 Å². The van der Waals surface area contributed by atoms with E-state index in [1.165, 1.54) is 0 Å². The standard InChI is InChI=1S/C13H10FIN2O2/c1-2-19-13(18)12-10(14)11(16-7-17-12)8-4-3-5-9(15)6-8/h3-7H,2H2,1H3. The molecule has 0 spiro atoms. The molecule has 1 aromatic heterocycles. The lowest BCUT2D eigenvalue weighted by Gasteiger charge is -2.06. The highest BCUT2D eigenvalue weighted by Crippen LogP contribution is 2.23. The number of carbonyl (C=O) groups is 1. The molecule has 0 aliphatic heterocycles. The van der Waals surface area contributed by atoms with Crippen LogP contribution in [-0.2, 0) is 4.74 Å². The Bertz CT molecular complexity index is 619. The van der Waals surface area contributed by atoms with Gasteiger partial charge in [-0.05, 0) is 41.6 Å². The largest absolute Gasteiger partial charge is 0.461 e. The van der Waals surface area contributed by atoms with Gasteiger partial charge in [0.15, 0.2) is 11.5 Å². The number of esters is 1. The number of halogens is 2. The predicted octanol–water partition coefficient (Wildman–Crippen LogP) is 3.06. The van der Waals surface area contributed by atoms with Crippen LogP contribution in [0.25, 0.3) is 11.3 Å². The Hall–Kier alpha value is -1.57. The number of aromatic nitrogens is 2. The van der Waals surface area contributed by atoms with Crippen LogP contribution in [-0.4, -0.2) is 22.5 Å². The van der Waals surface area contributed by atoms with Gasteiger partial charge in [-0.3, -0.25) is 0 Å². The van der Waals surface area contributed by atoms with Crippen molar-refractivity contribution in [1.82, 2.24) is 9.97 Å². The molecule has 19 heavy (non-hydrogen) atoms. The van der Waals surface area contributed by atoms with Crippen LogP contribution in [0, 0.1) is 9.39 Å². The summed E-state index contributed by atoms with van der Waals surface area (Å²) in [6, 6.07) is 7.18. The third kappa shape index (κ3) is 3.06. The third-order valence-corrected chi connectivity index (χ3v) is 3.03. The molecule has 2 rings (SSSR count). The molecule has 98 valence electrons. The fourth-order valence-corrected chi connectivity index (χ4v) is 2.09. The lowest BCUT2D eigenvalue weighted by atomic mass is 10.1. The summed E-state index contributed by atoms with van der Waals surface area (Å²) in [5.41, 5.74) is 0.347. The number of ether oxygens (including phenoxy) is 1. The Morgan fingerprint density at radius 2 is 2.21 bits per heavy atom. The van der Waals surface area contributed by atoms with E-state index in [2.05, 4.69) is 32.6 Å². The number of rotatable bonds is 3. The van der Waals surface area contributed by atoms with E-state index in [0.29, 0.717) is 5.56 Å². The lowest BCUT2D eigenvalue weighted by Crippen LogP contribution is -2.11. The van der Waals surface area contributed by atoms with Crippen molar-refractivity contribution in [2.24, 2.45) is 0 Å². The van der Waals surface area contributed by atoms with Gasteiger partial charge in [0.05, 0.1) is 6.61 Å². The summed E-state index contributed by atoms with van der Waals surface area (Å²) in [7, 11) is 0. The van der Waals surface area contributed by atoms with Crippen molar-refractivity contribution in [3.8, 4) is 11.3 Å². The molecule has 0 bridgehead atoms. The van der Waals surface area contributed by atoms with Crippen molar-refractivity contribution in [2.45, 2.75) is 6.92 Å². The monoisotopic (exact) mass is 372 g/mol. The van der Waals surface area contributed by atoms with Gasteiger partial charge < -0.3 is 4.74 Å². The van der Waals surface area contributed by atoms with Crippen LogP contribution < -0.4 is 0 Å². The summed E-state index contributed by atoms with van der Waals surface area (Å²) >= 11 is 2.12. The van der Waals surface area contributed by atoms with Crippen LogP contribution >= 0.6 is 22.6 Å². The Kier molecular flexibility index (Phi) is 4.41. The highest BCUT2D eigenvalue weighted by Gasteiger charge is 2.19. The molecule has 0 unspecified atom stereocenters. The minimum absolute atomic E-state index is 0.0940. The fraction of sp³-hybridized carbons (Fsp3) is 0.154. The van der Waals surface area contributed by atoms with Crippen LogP contribution in [0.15, 0.2) is 30.6 Å². The van der Waals surface area contributed by atoms with E-state index in [4.69, 9.17) is 4.74 Å². The lowest BCUT2D eigenvalue weighted by molar-refractivity contribution is 0.0513. The molecule has 4 nitrogen and oxygen atoms in total. The molecule has 1 aromatic carbocycles. The normalized spacial score (nSPS) is 10.3. The van der Waals surface area contributed by atoms with Gasteiger partial charge in [0.2, 0.25) is 0 Å². The van der Waals surface area contributed by atoms with Gasteiger partial charge >= 0.3 is 5.97 Å². The van der Waals surface area contributed by atoms with Crippen molar-refractivity contribution in [1.29, 1.82) is 0 Å². The highest BCUT2D eigenvalue weighted by molar-refractivity contribution is 14.1. The molecule has 6 heteroatoms. The Balaban J connectivity index is 2.48. The Morgan fingerprint density at radius 3 is 2.89 bits per heavy atom. The molecule has 1 heterocycles. The van der Waals surface area contributed by atoms with Crippen LogP contribution in [0.1, 0.15) is 17.4 Å². The van der Waals surface area contributed by atoms with Crippen molar-refractivity contribution < 1.29 is 13.9 Å². The van der Waals surface area contributed by atoms with E-state index >= 15 is 0 Å². The van der Waals surface area contributed by atoms with Crippen LogP contribution in [0.2, 0.25) is 0 Å². The van der Waals surface area contributed by atoms with E-state index in [1.54, 1.807) is 25.1 Å². The van der Waals surface area contributed by atoms with Crippen LogP contribution in [0.5, 0.6) is 0 Å². The van der Waals surface area contributed by atoms with Gasteiger partial charge in [-0.25, -0.2) is 19.2 Å². The number of benzene rings is 1. The maximum absolute atomic E-state index is 14.2. The first-order chi connectivity index (χ1) is 9.13. The zero-order valence-electron chi connectivity index (χ0n) is 10.1. The molecule has 0 N–H and O–H groups in total. The molecular weight excluding hydrogens is 362 g/mol. The summed E-state index contributed by atoms with van der Waals surface area (Å²) < 4.78 is 19.9. The van der Waals surface area contributed by atoms with Crippen molar-refractivity contribution in [2.75, 3.05) is 6.61 Å². The maximum atomic E-state index is 14.2. The van der Waals surface area contributed by atoms with Gasteiger partial charge in [-0.15, -0.1) is 0 Å². The first-order valence-electron chi connectivity index (χ1n) is 5.57. The van der Waals surface area contributed by atoms with Crippen molar-refractivity contribution >= 4 is 28.6 Å². The number of carbonyl (C=O) groups excluding carboxylic acids is 1. The maximum Gasteiger partial charge on any atom is 0.360 e. The molecule has 0 fully saturated rings. The molecule has 0 radical (unpaired) electrons. The quantitative estimate of drug-likeness (QED) is 0.614. The summed E-state index contributed by atoms with van der Waals surface area (Å²) in [5, 5.41) is 0. The number of nitrogens with zero attached hydrogens (tertiary/aromatic N) is 2. The second kappa shape index (κ2) is 6.05. The smallest absolute Gasteiger partial charge is 0.360 e. The topological polar surface area (TPSA) is 52.1 Å². The third-order valence-electron chi connectivity index (χ3n) is 2.36. The molecule has 0 saturated carbocycles. The molecular formula is C13H10FIN2O2. The summed E-state index contributed by atoms with van der Waals surface area (Å²) in [6.45, 7) is 1.82. The fourth-order valence-electron chi connectivity index (χ4n) is 1.55. The number of hydrogen-bond donors (Lipinski definition) is 0. The SMILES string of the molecule is CCOC(=O)c1ncnc(-c2cccc(I)c2)c1F. The van der Waals surface area contributed by atoms with Gasteiger partial charge in [0.1, 0.15) is 12.0 Å². The van der Waals surface area contributed by atoms with Crippen molar-refractivity contribution in [3.63, 3.8) is 0 Å². The molecule has 2 aromatic rings. The van der Waals surface area contributed by atoms with Gasteiger partial charge in [-0.2, -0.15) is 0 Å². The average Bonchev–Trinajstić information content (AvgIpc) is 2.39. The minimum Gasteiger partial charge on any atom is -0.461 e. The Morgan fingerprint density at radius 1 is 1.42 bits per heavy atom. The first kappa shape index (κ1) is 13.9. The average molecular weight is 372 g/mol. The summed E-state index contributed by atoms with van der Waals surface area (Å²) in [4.78, 5) is 19.1. The van der Waals surface area contributed by atoms with E-state index in [1.807, 2.05) is 6.07 Å².